The third-order valence-electron chi connectivity index (χ3n) is 1.86. The zero-order valence-corrected chi connectivity index (χ0v) is 18.4. The maximum atomic E-state index is 11.0. The summed E-state index contributed by atoms with van der Waals surface area (Å²) in [6, 6.07) is 0. The second-order valence-electron chi connectivity index (χ2n) is 3.30. The fourth-order valence-electron chi connectivity index (χ4n) is 1.24. The van der Waals surface area contributed by atoms with Crippen LogP contribution in [0.1, 0.15) is 0 Å². The van der Waals surface area contributed by atoms with Gasteiger partial charge in [0, 0.05) is 0 Å². The summed E-state index contributed by atoms with van der Waals surface area (Å²) in [6.45, 7) is 0. The van der Waals surface area contributed by atoms with Gasteiger partial charge in [-0.25, -0.2) is 16.8 Å². The molecule has 13 nitrogen and oxygen atoms in total. The number of rotatable bonds is 4. The van der Waals surface area contributed by atoms with Crippen molar-refractivity contribution in [2.75, 3.05) is 0 Å². The van der Waals surface area contributed by atoms with Crippen molar-refractivity contribution in [3.63, 3.8) is 0 Å². The molecule has 0 aliphatic rings. The van der Waals surface area contributed by atoms with Crippen molar-refractivity contribution in [2.24, 2.45) is 0 Å². The van der Waals surface area contributed by atoms with Gasteiger partial charge >= 0.3 is 69.2 Å². The Morgan fingerprint density at radius 3 is 1.26 bits per heavy atom. The number of aromatic nitrogens is 1. The van der Waals surface area contributed by atoms with Crippen molar-refractivity contribution in [3.05, 3.63) is 0 Å². The summed E-state index contributed by atoms with van der Waals surface area (Å²) in [4.78, 5) is -3.62. The Bertz CT molecular complexity index is 931. The minimum atomic E-state index is -6.04. The second-order valence-corrected chi connectivity index (χ2v) is 8.65. The molecule has 0 amide bonds. The molecule has 0 saturated heterocycles. The van der Waals surface area contributed by atoms with E-state index < -0.39 is 60.3 Å². The Morgan fingerprint density at radius 2 is 1.04 bits per heavy atom. The first kappa shape index (κ1) is 26.2. The third-order valence-corrected chi connectivity index (χ3v) is 5.71. The molecular weight excluding hydrogens is 428 g/mol. The van der Waals surface area contributed by atoms with Crippen LogP contribution in [-0.4, -0.2) is 56.9 Å². The Kier molecular flexibility index (Phi) is 8.71. The number of H-pyrrole nitrogens is 1. The summed E-state index contributed by atoms with van der Waals surface area (Å²) in [6.07, 6.45) is 0. The zero-order chi connectivity index (χ0) is 17.0. The average Bonchev–Trinajstić information content (AvgIpc) is 2.52. The van der Waals surface area contributed by atoms with Crippen molar-refractivity contribution in [1.29, 1.82) is 0 Å². The second kappa shape index (κ2) is 7.66. The molecule has 0 unspecified atom stereocenters. The molecule has 19 heteroatoms. The van der Waals surface area contributed by atoms with E-state index in [0.29, 0.717) is 0 Å². The summed E-state index contributed by atoms with van der Waals surface area (Å²) < 4.78 is 126. The topological polar surface area (TPSA) is 239 Å². The smallest absolute Gasteiger partial charge is 0.744 e. The van der Waals surface area contributed by atoms with E-state index in [-0.39, 0.29) is 59.1 Å². The van der Waals surface area contributed by atoms with Gasteiger partial charge in [0.2, 0.25) is 0 Å². The molecular formula is C4H3NNa2O12S4. The first-order valence-electron chi connectivity index (χ1n) is 4.10. The van der Waals surface area contributed by atoms with E-state index in [1.807, 2.05) is 0 Å². The zero-order valence-electron chi connectivity index (χ0n) is 11.1. The molecule has 1 heterocycles. The van der Waals surface area contributed by atoms with E-state index in [0.717, 1.165) is 4.98 Å². The van der Waals surface area contributed by atoms with Crippen LogP contribution in [0.15, 0.2) is 19.8 Å². The van der Waals surface area contributed by atoms with E-state index in [4.69, 9.17) is 9.11 Å². The number of hydrogen-bond donors (Lipinski definition) is 3. The van der Waals surface area contributed by atoms with Crippen LogP contribution in [-0.2, 0) is 40.5 Å². The first-order chi connectivity index (χ1) is 8.97. The largest absolute Gasteiger partial charge is 1.00 e. The Labute approximate surface area is 174 Å². The standard InChI is InChI=1S/C4H5NO12S4.2Na/c6-18(7,8)1-2(19(9,10)11)4(21(15,16)17)5-3(1)20(12,13)14;;/h5H,(H,6,7,8)(H,9,10,11)(H,12,13,14)(H,15,16,17);;/q;2*+1/p-2. The molecule has 0 radical (unpaired) electrons. The molecule has 23 heavy (non-hydrogen) atoms. The molecule has 0 atom stereocenters. The van der Waals surface area contributed by atoms with Gasteiger partial charge in [-0.1, -0.05) is 0 Å². The average molecular weight is 431 g/mol. The van der Waals surface area contributed by atoms with E-state index in [1.165, 1.54) is 0 Å². The van der Waals surface area contributed by atoms with Crippen molar-refractivity contribution in [2.45, 2.75) is 19.8 Å². The number of nitrogens with one attached hydrogen (secondary N) is 1. The number of aromatic amines is 1. The molecule has 0 aromatic carbocycles. The van der Waals surface area contributed by atoms with Crippen LogP contribution in [0.25, 0.3) is 0 Å². The van der Waals surface area contributed by atoms with E-state index in [2.05, 4.69) is 0 Å². The van der Waals surface area contributed by atoms with Gasteiger partial charge in [-0.2, -0.15) is 16.8 Å². The first-order valence-corrected chi connectivity index (χ1v) is 9.79. The summed E-state index contributed by atoms with van der Waals surface area (Å²) >= 11 is 0. The van der Waals surface area contributed by atoms with Gasteiger partial charge in [0.25, 0.3) is 10.1 Å². The molecule has 122 valence electrons. The van der Waals surface area contributed by atoms with Crippen molar-refractivity contribution < 1.29 is 111 Å². The van der Waals surface area contributed by atoms with Crippen molar-refractivity contribution >= 4 is 40.5 Å². The van der Waals surface area contributed by atoms with Gasteiger partial charge in [0.15, 0.2) is 9.92 Å². The molecule has 0 aliphatic heterocycles. The van der Waals surface area contributed by atoms with Crippen LogP contribution in [0.5, 0.6) is 0 Å². The van der Waals surface area contributed by atoms with Crippen LogP contribution >= 0.6 is 0 Å². The maximum Gasteiger partial charge on any atom is 1.00 e. The summed E-state index contributed by atoms with van der Waals surface area (Å²) in [5, 5.41) is -4.22. The predicted molar refractivity (Wildman–Crippen MR) is 56.3 cm³/mol. The molecule has 1 aromatic rings. The predicted octanol–water partition coefficient (Wildman–Crippen LogP) is -8.68. The van der Waals surface area contributed by atoms with Crippen molar-refractivity contribution in [3.8, 4) is 0 Å². The van der Waals surface area contributed by atoms with Gasteiger partial charge < -0.3 is 14.1 Å². The fraction of sp³-hybridized carbons (Fsp3) is 0. The summed E-state index contributed by atoms with van der Waals surface area (Å²) in [7, 11) is -23.4. The van der Waals surface area contributed by atoms with Gasteiger partial charge in [-0.15, -0.1) is 0 Å². The van der Waals surface area contributed by atoms with Crippen LogP contribution < -0.4 is 59.1 Å². The minimum Gasteiger partial charge on any atom is -0.744 e. The molecule has 0 saturated carbocycles. The molecule has 0 fully saturated rings. The quantitative estimate of drug-likeness (QED) is 0.297. The molecule has 0 bridgehead atoms. The third kappa shape index (κ3) is 5.99. The molecule has 1 aromatic heterocycles. The van der Waals surface area contributed by atoms with Crippen molar-refractivity contribution in [1.82, 2.24) is 4.98 Å². The maximum absolute atomic E-state index is 11.0. The van der Waals surface area contributed by atoms with Crippen LogP contribution in [0.2, 0.25) is 0 Å². The monoisotopic (exact) mass is 431 g/mol. The van der Waals surface area contributed by atoms with Crippen LogP contribution in [0.4, 0.5) is 0 Å². The summed E-state index contributed by atoms with van der Waals surface area (Å²) in [5.74, 6) is 0. The SMILES string of the molecule is O=S(=O)([O-])c1[nH]c(S(=O)(=O)O)c(S(=O)(=O)O)c1S(=O)(=O)[O-].[Na+].[Na+]. The minimum absolute atomic E-state index is 0. The van der Waals surface area contributed by atoms with Crippen LogP contribution in [0, 0.1) is 0 Å². The molecule has 0 spiro atoms. The fourth-order valence-corrected chi connectivity index (χ4v) is 5.65. The Morgan fingerprint density at radius 1 is 0.652 bits per heavy atom. The molecule has 3 N–H and O–H groups in total. The van der Waals surface area contributed by atoms with E-state index in [9.17, 15) is 42.8 Å². The van der Waals surface area contributed by atoms with Gasteiger partial charge in [0.1, 0.15) is 30.2 Å². The molecule has 1 rings (SSSR count). The normalized spacial score (nSPS) is 13.0. The van der Waals surface area contributed by atoms with Gasteiger partial charge in [-0.3, -0.25) is 9.11 Å². The van der Waals surface area contributed by atoms with Crippen LogP contribution in [0.3, 0.4) is 0 Å². The van der Waals surface area contributed by atoms with Gasteiger partial charge in [-0.05, 0) is 0 Å². The van der Waals surface area contributed by atoms with E-state index in [1.54, 1.807) is 0 Å². The number of hydrogen-bond acceptors (Lipinski definition) is 10. The van der Waals surface area contributed by atoms with E-state index >= 15 is 0 Å². The Hall–Kier alpha value is 0.920. The van der Waals surface area contributed by atoms with Gasteiger partial charge in [0.05, 0.1) is 0 Å². The Balaban J connectivity index is 0. The summed E-state index contributed by atoms with van der Waals surface area (Å²) in [5.41, 5.74) is 0. The molecule has 0 aliphatic carbocycles.